The fraction of sp³-hybridized carbons (Fsp3) is 0.333. The Morgan fingerprint density at radius 2 is 1.71 bits per heavy atom. The molecular formula is C18H16F3N5O4S. The molecule has 1 atom stereocenters. The van der Waals surface area contributed by atoms with Gasteiger partial charge in [-0.25, -0.2) is 13.2 Å². The molecule has 0 aliphatic carbocycles. The first-order chi connectivity index (χ1) is 14.3. The molecule has 0 saturated carbocycles. The molecule has 0 fully saturated rings. The van der Waals surface area contributed by atoms with Gasteiger partial charge in [-0.2, -0.15) is 18.2 Å². The summed E-state index contributed by atoms with van der Waals surface area (Å²) in [6.45, 7) is 0. The van der Waals surface area contributed by atoms with Crippen molar-refractivity contribution in [1.82, 2.24) is 18.7 Å². The maximum Gasteiger partial charge on any atom is 0.422 e. The maximum absolute atomic E-state index is 13.3. The van der Waals surface area contributed by atoms with Crippen LogP contribution in [0, 0.1) is 0 Å². The molecule has 0 saturated heterocycles. The van der Waals surface area contributed by atoms with Gasteiger partial charge in [-0.3, -0.25) is 18.9 Å². The minimum Gasteiger partial charge on any atom is -0.312 e. The molecule has 9 nitrogen and oxygen atoms in total. The molecule has 2 aromatic heterocycles. The second-order valence-electron chi connectivity index (χ2n) is 7.31. The van der Waals surface area contributed by atoms with Crippen LogP contribution in [-0.2, 0) is 42.3 Å². The number of rotatable bonds is 4. The molecule has 4 rings (SSSR count). The highest BCUT2D eigenvalue weighted by molar-refractivity contribution is 7.90. The van der Waals surface area contributed by atoms with Crippen LogP contribution < -0.4 is 11.2 Å². The number of aliphatic imine (C=N–C) groups is 1. The first-order valence-corrected chi connectivity index (χ1v) is 10.5. The number of hydrogen-bond donors (Lipinski definition) is 0. The molecule has 1 unspecified atom stereocenters. The summed E-state index contributed by atoms with van der Waals surface area (Å²) in [6, 6.07) is 5.06. The molecule has 164 valence electrons. The van der Waals surface area contributed by atoms with Crippen molar-refractivity contribution in [2.75, 3.05) is 0 Å². The molecule has 0 bridgehead atoms. The number of fused-ring (bicyclic) bond motifs is 1. The lowest BCUT2D eigenvalue weighted by Gasteiger charge is -2.18. The zero-order chi connectivity index (χ0) is 22.9. The van der Waals surface area contributed by atoms with Crippen LogP contribution >= 0.6 is 0 Å². The molecule has 0 amide bonds. The smallest absolute Gasteiger partial charge is 0.312 e. The van der Waals surface area contributed by atoms with Crippen LogP contribution in [0.1, 0.15) is 11.1 Å². The zero-order valence-corrected chi connectivity index (χ0v) is 17.3. The predicted molar refractivity (Wildman–Crippen MR) is 105 cm³/mol. The van der Waals surface area contributed by atoms with Gasteiger partial charge in [0.25, 0.3) is 5.56 Å². The summed E-state index contributed by atoms with van der Waals surface area (Å²) in [4.78, 5) is 31.9. The number of sulfone groups is 1. The Morgan fingerprint density at radius 3 is 2.29 bits per heavy atom. The van der Waals surface area contributed by atoms with Crippen molar-refractivity contribution in [3.63, 3.8) is 0 Å². The van der Waals surface area contributed by atoms with Crippen LogP contribution in [0.3, 0.4) is 0 Å². The molecule has 1 aliphatic heterocycles. The van der Waals surface area contributed by atoms with E-state index in [1.54, 1.807) is 0 Å². The number of nitrogens with zero attached hydrogens (tertiary/aromatic N) is 5. The van der Waals surface area contributed by atoms with Crippen LogP contribution in [0.25, 0.3) is 11.2 Å². The van der Waals surface area contributed by atoms with Gasteiger partial charge in [-0.1, -0.05) is 24.3 Å². The lowest BCUT2D eigenvalue weighted by Crippen LogP contribution is -2.37. The number of aryl methyl sites for hydroxylation is 2. The Labute approximate surface area is 173 Å². The van der Waals surface area contributed by atoms with Gasteiger partial charge in [0.2, 0.25) is 20.5 Å². The SMILES string of the molecule is Cn1c(=O)c2c(nc(S(=O)(=O)Cc3cccc(C4(C(F)(F)F)C=N4)c3)n2C)n(C)c1=O. The third-order valence-electron chi connectivity index (χ3n) is 5.26. The Bertz CT molecular complexity index is 1490. The van der Waals surface area contributed by atoms with E-state index in [1.165, 1.54) is 39.3 Å². The summed E-state index contributed by atoms with van der Waals surface area (Å²) in [5.41, 5.74) is -4.08. The van der Waals surface area contributed by atoms with E-state index in [2.05, 4.69) is 9.98 Å². The van der Waals surface area contributed by atoms with E-state index in [9.17, 15) is 31.2 Å². The normalized spacial score (nSPS) is 18.6. The van der Waals surface area contributed by atoms with Crippen molar-refractivity contribution in [2.24, 2.45) is 26.1 Å². The first kappa shape index (κ1) is 21.0. The molecule has 1 aromatic carbocycles. The van der Waals surface area contributed by atoms with Gasteiger partial charge in [0.05, 0.1) is 5.75 Å². The Morgan fingerprint density at radius 1 is 1.06 bits per heavy atom. The van der Waals surface area contributed by atoms with Crippen molar-refractivity contribution >= 4 is 27.2 Å². The van der Waals surface area contributed by atoms with Gasteiger partial charge in [0.15, 0.2) is 11.2 Å². The van der Waals surface area contributed by atoms with Crippen LogP contribution in [0.2, 0.25) is 0 Å². The molecule has 0 N–H and O–H groups in total. The van der Waals surface area contributed by atoms with Crippen molar-refractivity contribution in [1.29, 1.82) is 0 Å². The van der Waals surface area contributed by atoms with E-state index in [-0.39, 0.29) is 22.3 Å². The highest BCUT2D eigenvalue weighted by Crippen LogP contribution is 2.48. The highest BCUT2D eigenvalue weighted by Gasteiger charge is 2.61. The van der Waals surface area contributed by atoms with Gasteiger partial charge in [-0.15, -0.1) is 0 Å². The monoisotopic (exact) mass is 455 g/mol. The van der Waals surface area contributed by atoms with Crippen LogP contribution in [0.4, 0.5) is 13.2 Å². The van der Waals surface area contributed by atoms with E-state index >= 15 is 0 Å². The summed E-state index contributed by atoms with van der Waals surface area (Å²) in [5.74, 6) is -0.653. The number of halogens is 3. The molecule has 3 heterocycles. The fourth-order valence-electron chi connectivity index (χ4n) is 3.48. The number of benzene rings is 1. The number of imidazole rings is 1. The van der Waals surface area contributed by atoms with Crippen LogP contribution in [0.5, 0.6) is 0 Å². The van der Waals surface area contributed by atoms with Gasteiger partial charge < -0.3 is 4.57 Å². The molecule has 31 heavy (non-hydrogen) atoms. The summed E-state index contributed by atoms with van der Waals surface area (Å²) in [6.07, 6.45) is -3.87. The van der Waals surface area contributed by atoms with Crippen molar-refractivity contribution in [2.45, 2.75) is 22.6 Å². The summed E-state index contributed by atoms with van der Waals surface area (Å²) >= 11 is 0. The topological polar surface area (TPSA) is 108 Å². The highest BCUT2D eigenvalue weighted by atomic mass is 32.2. The zero-order valence-electron chi connectivity index (χ0n) is 16.5. The van der Waals surface area contributed by atoms with Crippen molar-refractivity contribution in [3.8, 4) is 0 Å². The fourth-order valence-corrected chi connectivity index (χ4v) is 4.96. The maximum atomic E-state index is 13.3. The molecule has 0 spiro atoms. The average Bonchev–Trinajstić information content (AvgIpc) is 3.43. The third-order valence-corrected chi connectivity index (χ3v) is 6.89. The van der Waals surface area contributed by atoms with Crippen LogP contribution in [-0.4, -0.2) is 39.5 Å². The van der Waals surface area contributed by atoms with E-state index in [1.807, 2.05) is 0 Å². The van der Waals surface area contributed by atoms with E-state index in [4.69, 9.17) is 0 Å². The van der Waals surface area contributed by atoms with E-state index in [0.717, 1.165) is 26.0 Å². The van der Waals surface area contributed by atoms with Gasteiger partial charge in [0, 0.05) is 27.4 Å². The predicted octanol–water partition coefficient (Wildman–Crippen LogP) is 0.787. The van der Waals surface area contributed by atoms with Crippen molar-refractivity contribution < 1.29 is 21.6 Å². The van der Waals surface area contributed by atoms with Gasteiger partial charge in [0.1, 0.15) is 0 Å². The first-order valence-electron chi connectivity index (χ1n) is 8.88. The molecule has 1 aliphatic rings. The molecule has 3 aromatic rings. The minimum absolute atomic E-state index is 0.0840. The lowest BCUT2D eigenvalue weighted by atomic mass is 9.96. The van der Waals surface area contributed by atoms with Gasteiger partial charge in [-0.05, 0) is 11.1 Å². The second kappa shape index (κ2) is 6.39. The van der Waals surface area contributed by atoms with Crippen LogP contribution in [0.15, 0.2) is 44.0 Å². The minimum atomic E-state index is -4.63. The number of alkyl halides is 3. The Balaban J connectivity index is 1.79. The second-order valence-corrected chi connectivity index (χ2v) is 9.20. The quantitative estimate of drug-likeness (QED) is 0.578. The average molecular weight is 455 g/mol. The third kappa shape index (κ3) is 3.02. The van der Waals surface area contributed by atoms with Gasteiger partial charge >= 0.3 is 11.9 Å². The lowest BCUT2D eigenvalue weighted by molar-refractivity contribution is -0.156. The largest absolute Gasteiger partial charge is 0.422 e. The van der Waals surface area contributed by atoms with Crippen molar-refractivity contribution in [3.05, 3.63) is 56.2 Å². The Hall–Kier alpha value is -3.22. The number of hydrogen-bond acceptors (Lipinski definition) is 6. The molecule has 13 heteroatoms. The molecular weight excluding hydrogens is 439 g/mol. The standard InChI is InChI=1S/C18H16F3N5O4S/c1-24-12-13(25(2)16(28)26(3)14(12)27)23-15(24)31(29,30)8-10-5-4-6-11(7-10)17(9-22-17)18(19,20)21/h4-7,9H,8H2,1-3H3. The van der Waals surface area contributed by atoms with E-state index < -0.39 is 43.7 Å². The summed E-state index contributed by atoms with van der Waals surface area (Å²) in [5, 5.41) is -0.473. The summed E-state index contributed by atoms with van der Waals surface area (Å²) in [7, 11) is -0.248. The molecule has 0 radical (unpaired) electrons. The Kier molecular flexibility index (Phi) is 4.33. The number of aromatic nitrogens is 4. The summed E-state index contributed by atoms with van der Waals surface area (Å²) < 4.78 is 68.9. The van der Waals surface area contributed by atoms with E-state index in [0.29, 0.717) is 0 Å².